The fourth-order valence-corrected chi connectivity index (χ4v) is 6.31. The summed E-state index contributed by atoms with van der Waals surface area (Å²) in [5.74, 6) is -1.30. The Bertz CT molecular complexity index is 1530. The first-order valence-corrected chi connectivity index (χ1v) is 13.0. The molecule has 36 heavy (non-hydrogen) atoms. The molecule has 1 aliphatic heterocycles. The lowest BCUT2D eigenvalue weighted by Gasteiger charge is -2.21. The third-order valence-corrected chi connectivity index (χ3v) is 7.68. The highest BCUT2D eigenvalue weighted by Gasteiger charge is 2.46. The first kappa shape index (κ1) is 25.3. The summed E-state index contributed by atoms with van der Waals surface area (Å²) >= 11 is 7.87. The summed E-state index contributed by atoms with van der Waals surface area (Å²) in [7, 11) is 0. The van der Waals surface area contributed by atoms with Gasteiger partial charge >= 0.3 is 11.6 Å². The van der Waals surface area contributed by atoms with E-state index < -0.39 is 42.6 Å². The number of fused-ring (bicyclic) bond motifs is 2. The quantitative estimate of drug-likeness (QED) is 0.236. The van der Waals surface area contributed by atoms with E-state index in [4.69, 9.17) is 13.9 Å². The Labute approximate surface area is 224 Å². The molecule has 0 radical (unpaired) electrons. The number of carbonyl (C=O) groups is 1. The van der Waals surface area contributed by atoms with E-state index in [0.29, 0.717) is 31.8 Å². The second kappa shape index (κ2) is 10.2. The van der Waals surface area contributed by atoms with Crippen LogP contribution in [0.3, 0.4) is 0 Å². The summed E-state index contributed by atoms with van der Waals surface area (Å²) in [6.07, 6.45) is -0.0750. The maximum Gasteiger partial charge on any atom is 0.350 e. The minimum absolute atomic E-state index is 0.189. The molecule has 1 fully saturated rings. The lowest BCUT2D eigenvalue weighted by atomic mass is 10.0. The molecule has 3 aromatic heterocycles. The smallest absolute Gasteiger partial charge is 0.350 e. The highest BCUT2D eigenvalue weighted by molar-refractivity contribution is 9.11. The predicted octanol–water partition coefficient (Wildman–Crippen LogP) is 3.04. The third kappa shape index (κ3) is 4.68. The van der Waals surface area contributed by atoms with Gasteiger partial charge in [0.25, 0.3) is 0 Å². The largest absolute Gasteiger partial charge is 0.463 e. The Morgan fingerprint density at radius 3 is 2.86 bits per heavy atom. The van der Waals surface area contributed by atoms with Crippen molar-refractivity contribution in [2.24, 2.45) is 5.92 Å². The van der Waals surface area contributed by atoms with Crippen LogP contribution in [0.15, 0.2) is 58.9 Å². The van der Waals surface area contributed by atoms with Crippen LogP contribution in [0.4, 0.5) is 0 Å². The normalized spacial score (nSPS) is 21.9. The number of rotatable bonds is 6. The maximum absolute atomic E-state index is 12.9. The molecule has 2 N–H and O–H groups in total. The first-order chi connectivity index (χ1) is 17.3. The highest BCUT2D eigenvalue weighted by atomic mass is 79.9. The molecule has 4 atom stereocenters. The minimum atomic E-state index is -1.13. The topological polar surface area (TPSA) is 150 Å². The van der Waals surface area contributed by atoms with Crippen LogP contribution in [0.2, 0.25) is 0 Å². The number of benzene rings is 1. The zero-order chi connectivity index (χ0) is 25.6. The van der Waals surface area contributed by atoms with E-state index in [-0.39, 0.29) is 11.5 Å². The van der Waals surface area contributed by atoms with Crippen LogP contribution in [0.1, 0.15) is 13.2 Å². The van der Waals surface area contributed by atoms with E-state index in [9.17, 15) is 19.8 Å². The summed E-state index contributed by atoms with van der Waals surface area (Å²) in [6, 6.07) is 5.29. The van der Waals surface area contributed by atoms with Crippen LogP contribution in [0.25, 0.3) is 22.1 Å². The molecule has 4 aromatic rings. The Hall–Kier alpha value is -2.36. The number of carbonyl (C=O) groups excluding carboxylic acids is 1. The number of imidazole rings is 1. The van der Waals surface area contributed by atoms with E-state index in [1.54, 1.807) is 16.7 Å². The number of hydrogen-bond donors (Lipinski definition) is 2. The van der Waals surface area contributed by atoms with E-state index in [1.165, 1.54) is 19.4 Å². The van der Waals surface area contributed by atoms with Crippen molar-refractivity contribution in [1.82, 2.24) is 19.5 Å². The Kier molecular flexibility index (Phi) is 7.16. The molecule has 0 bridgehead atoms. The van der Waals surface area contributed by atoms with Crippen molar-refractivity contribution in [2.75, 3.05) is 13.2 Å². The number of nitrogens with zero attached hydrogens (tertiary/aromatic N) is 4. The Morgan fingerprint density at radius 2 is 2.11 bits per heavy atom. The maximum atomic E-state index is 12.9. The van der Waals surface area contributed by atoms with Crippen molar-refractivity contribution in [3.63, 3.8) is 0 Å². The molecule has 1 aliphatic rings. The predicted molar refractivity (Wildman–Crippen MR) is 134 cm³/mol. The number of ether oxygens (including phenoxy) is 2. The SMILES string of the molecule is CC(=O)OC[C@H]1O[C@@H](n2c(Sc3cc4cc(Br)cc(Br)c4oc3=O)nc3cncnc32)[C@H](CO)[C@@H]1O. The Balaban J connectivity index is 1.59. The molecule has 0 saturated carbocycles. The van der Waals surface area contributed by atoms with Gasteiger partial charge in [0.05, 0.1) is 29.3 Å². The third-order valence-electron chi connectivity index (χ3n) is 5.66. The van der Waals surface area contributed by atoms with Gasteiger partial charge in [-0.05, 0) is 45.9 Å². The average molecular weight is 642 g/mol. The highest BCUT2D eigenvalue weighted by Crippen LogP contribution is 2.41. The van der Waals surface area contributed by atoms with Crippen LogP contribution in [-0.4, -0.2) is 61.1 Å². The van der Waals surface area contributed by atoms with Crippen LogP contribution in [0.5, 0.6) is 0 Å². The van der Waals surface area contributed by atoms with Gasteiger partial charge in [0, 0.05) is 16.8 Å². The monoisotopic (exact) mass is 640 g/mol. The van der Waals surface area contributed by atoms with Crippen molar-refractivity contribution in [3.05, 3.63) is 50.1 Å². The van der Waals surface area contributed by atoms with Gasteiger partial charge in [-0.1, -0.05) is 15.9 Å². The molecule has 5 rings (SSSR count). The first-order valence-electron chi connectivity index (χ1n) is 10.6. The van der Waals surface area contributed by atoms with Crippen LogP contribution >= 0.6 is 43.6 Å². The Morgan fingerprint density at radius 1 is 1.31 bits per heavy atom. The fourth-order valence-electron chi connectivity index (χ4n) is 4.03. The van der Waals surface area contributed by atoms with Crippen molar-refractivity contribution in [1.29, 1.82) is 0 Å². The number of aliphatic hydroxyl groups is 2. The fraction of sp³-hybridized carbons (Fsp3) is 0.318. The molecule has 11 nitrogen and oxygen atoms in total. The van der Waals surface area contributed by atoms with Crippen molar-refractivity contribution >= 4 is 71.7 Å². The molecule has 14 heteroatoms. The zero-order valence-corrected chi connectivity index (χ0v) is 22.5. The number of halogens is 2. The molecule has 1 aromatic carbocycles. The van der Waals surface area contributed by atoms with Crippen molar-refractivity contribution in [3.8, 4) is 0 Å². The molecular weight excluding hydrogens is 624 g/mol. The standard InChI is InChI=1S/C22H18Br2N4O7S/c1-9(30)33-7-15-17(31)12(6-29)20(34-15)28-19-14(5-25-8-26-19)27-22(28)36-16-3-10-2-11(23)4-13(24)18(10)35-21(16)32/h2-5,8,12,15,17,20,29,31H,6-7H2,1H3/t12-,15-,17+,20-/m1/s1. The molecule has 1 saturated heterocycles. The molecule has 0 aliphatic carbocycles. The summed E-state index contributed by atoms with van der Waals surface area (Å²) in [5, 5.41) is 21.8. The van der Waals surface area contributed by atoms with E-state index >= 15 is 0 Å². The molecular formula is C22H18Br2N4O7S. The second-order valence-electron chi connectivity index (χ2n) is 8.01. The molecule has 188 valence electrons. The van der Waals surface area contributed by atoms with E-state index in [0.717, 1.165) is 16.2 Å². The molecule has 0 unspecified atom stereocenters. The lowest BCUT2D eigenvalue weighted by Crippen LogP contribution is -2.32. The van der Waals surface area contributed by atoms with Gasteiger partial charge in [0.1, 0.15) is 35.7 Å². The molecule has 0 spiro atoms. The second-order valence-corrected chi connectivity index (χ2v) is 10.8. The summed E-state index contributed by atoms with van der Waals surface area (Å²) in [5.41, 5.74) is 0.641. The van der Waals surface area contributed by atoms with E-state index in [1.807, 2.05) is 6.07 Å². The number of aromatic nitrogens is 4. The number of esters is 1. The summed E-state index contributed by atoms with van der Waals surface area (Å²) in [6.45, 7) is 0.645. The average Bonchev–Trinajstić information content (AvgIpc) is 3.34. The summed E-state index contributed by atoms with van der Waals surface area (Å²) in [4.78, 5) is 37.3. The van der Waals surface area contributed by atoms with Gasteiger partial charge in [-0.25, -0.2) is 19.7 Å². The van der Waals surface area contributed by atoms with Gasteiger partial charge in [0.15, 0.2) is 16.4 Å². The number of hydrogen-bond acceptors (Lipinski definition) is 11. The summed E-state index contributed by atoms with van der Waals surface area (Å²) < 4.78 is 19.6. The molecule has 0 amide bonds. The minimum Gasteiger partial charge on any atom is -0.463 e. The van der Waals surface area contributed by atoms with Crippen LogP contribution in [-0.2, 0) is 14.3 Å². The van der Waals surface area contributed by atoms with Gasteiger partial charge in [-0.2, -0.15) is 0 Å². The van der Waals surface area contributed by atoms with E-state index in [2.05, 4.69) is 46.8 Å². The van der Waals surface area contributed by atoms with Gasteiger partial charge in [-0.15, -0.1) is 0 Å². The van der Waals surface area contributed by atoms with Gasteiger partial charge < -0.3 is 24.1 Å². The van der Waals surface area contributed by atoms with Crippen LogP contribution < -0.4 is 5.63 Å². The number of aliphatic hydroxyl groups excluding tert-OH is 2. The molecule has 4 heterocycles. The van der Waals surface area contributed by atoms with Crippen molar-refractivity contribution in [2.45, 2.75) is 35.4 Å². The lowest BCUT2D eigenvalue weighted by molar-refractivity contribution is -0.147. The van der Waals surface area contributed by atoms with Gasteiger partial charge in [-0.3, -0.25) is 9.36 Å². The van der Waals surface area contributed by atoms with Gasteiger partial charge in [0.2, 0.25) is 0 Å². The zero-order valence-electron chi connectivity index (χ0n) is 18.5. The van der Waals surface area contributed by atoms with Crippen LogP contribution in [0, 0.1) is 5.92 Å². The van der Waals surface area contributed by atoms with Crippen molar-refractivity contribution < 1.29 is 28.9 Å².